The van der Waals surface area contributed by atoms with Crippen LogP contribution in [0.4, 0.5) is 0 Å². The van der Waals surface area contributed by atoms with Gasteiger partial charge in [0.2, 0.25) is 0 Å². The Morgan fingerprint density at radius 3 is 2.43 bits per heavy atom. The van der Waals surface area contributed by atoms with E-state index in [1.54, 1.807) is 0 Å². The number of benzene rings is 1. The highest BCUT2D eigenvalue weighted by Gasteiger charge is 2.43. The lowest BCUT2D eigenvalue weighted by Crippen LogP contribution is -2.57. The number of nitrogens with zero attached hydrogens (tertiary/aromatic N) is 1. The van der Waals surface area contributed by atoms with E-state index in [4.69, 9.17) is 4.74 Å². The topological polar surface area (TPSA) is 32.4 Å². The minimum atomic E-state index is -0.360. The summed E-state index contributed by atoms with van der Waals surface area (Å²) in [4.78, 5) is 0. The Morgan fingerprint density at radius 1 is 1.29 bits per heavy atom. The van der Waals surface area contributed by atoms with Crippen molar-refractivity contribution >= 4 is 0 Å². The summed E-state index contributed by atoms with van der Waals surface area (Å²) in [7, 11) is 0. The van der Waals surface area contributed by atoms with Gasteiger partial charge in [-0.05, 0) is 43.9 Å². The summed E-state index contributed by atoms with van der Waals surface area (Å²) in [5, 5.41) is 13.7. The molecule has 0 N–H and O–H groups in total. The molecule has 1 aromatic rings. The minimum absolute atomic E-state index is 0.0358. The maximum atomic E-state index is 12.4. The van der Waals surface area contributed by atoms with E-state index in [1.165, 1.54) is 10.6 Å². The number of hydroxylamine groups is 2. The molecule has 1 aromatic carbocycles. The Bertz CT molecular complexity index is 453. The fraction of sp³-hybridized carbons (Fsp3) is 0.667. The van der Waals surface area contributed by atoms with Crippen LogP contribution in [0.3, 0.4) is 0 Å². The summed E-state index contributed by atoms with van der Waals surface area (Å²) in [5.41, 5.74) is 0.957. The van der Waals surface area contributed by atoms with Gasteiger partial charge in [0, 0.05) is 24.4 Å². The molecule has 0 spiro atoms. The summed E-state index contributed by atoms with van der Waals surface area (Å²) in [6.45, 7) is 10.4. The van der Waals surface area contributed by atoms with Crippen molar-refractivity contribution < 1.29 is 9.94 Å². The zero-order valence-electron chi connectivity index (χ0n) is 13.9. The normalized spacial score (nSPS) is 26.0. The summed E-state index contributed by atoms with van der Waals surface area (Å²) in [6, 6.07) is 8.35. The molecule has 21 heavy (non-hydrogen) atoms. The molecule has 1 saturated heterocycles. The van der Waals surface area contributed by atoms with Gasteiger partial charge in [0.1, 0.15) is 11.9 Å². The molecule has 3 heteroatoms. The molecule has 1 fully saturated rings. The molecule has 0 bridgehead atoms. The predicted molar refractivity (Wildman–Crippen MR) is 84.7 cm³/mol. The first-order valence-electron chi connectivity index (χ1n) is 8.05. The van der Waals surface area contributed by atoms with Crippen LogP contribution in [0.5, 0.6) is 5.75 Å². The van der Waals surface area contributed by atoms with Gasteiger partial charge in [-0.1, -0.05) is 32.9 Å². The van der Waals surface area contributed by atoms with Gasteiger partial charge < -0.3 is 4.74 Å². The van der Waals surface area contributed by atoms with E-state index < -0.39 is 0 Å². The van der Waals surface area contributed by atoms with Gasteiger partial charge in [0.25, 0.3) is 0 Å². The summed E-state index contributed by atoms with van der Waals surface area (Å²) >= 11 is 0. The number of hydrogen-bond donors (Lipinski definition) is 0. The van der Waals surface area contributed by atoms with Crippen molar-refractivity contribution in [2.75, 3.05) is 0 Å². The molecule has 1 heterocycles. The first kappa shape index (κ1) is 16.3. The Balaban J connectivity index is 2.08. The van der Waals surface area contributed by atoms with Crippen LogP contribution in [0.15, 0.2) is 24.3 Å². The van der Waals surface area contributed by atoms with Crippen LogP contribution in [-0.4, -0.2) is 22.7 Å². The SMILES string of the molecule is CCc1ccc(OC2CC(C(C)C)N([O])C(C)(C)C2)cc1. The Labute approximate surface area is 128 Å². The molecule has 2 atom stereocenters. The molecule has 2 rings (SSSR count). The molecule has 0 saturated carbocycles. The third kappa shape index (κ3) is 3.78. The highest BCUT2D eigenvalue weighted by atomic mass is 16.5. The summed E-state index contributed by atoms with van der Waals surface area (Å²) in [6.07, 6.45) is 2.73. The molecule has 0 aromatic heterocycles. The standard InChI is InChI=1S/C18H28NO2/c1-6-14-7-9-15(10-8-14)21-16-11-17(13(2)3)19(20)18(4,5)12-16/h7-10,13,16-17H,6,11-12H2,1-5H3. The number of piperidine rings is 1. The average molecular weight is 290 g/mol. The van der Waals surface area contributed by atoms with Crippen LogP contribution >= 0.6 is 0 Å². The highest BCUT2D eigenvalue weighted by Crippen LogP contribution is 2.35. The van der Waals surface area contributed by atoms with Crippen LogP contribution in [0, 0.1) is 5.92 Å². The quantitative estimate of drug-likeness (QED) is 0.830. The van der Waals surface area contributed by atoms with Crippen LogP contribution in [-0.2, 0) is 11.6 Å². The molecule has 2 unspecified atom stereocenters. The van der Waals surface area contributed by atoms with Crippen molar-refractivity contribution in [3.05, 3.63) is 29.8 Å². The maximum absolute atomic E-state index is 12.4. The second kappa shape index (κ2) is 6.37. The number of aryl methyl sites for hydroxylation is 1. The highest BCUT2D eigenvalue weighted by molar-refractivity contribution is 5.27. The molecule has 1 aliphatic heterocycles. The van der Waals surface area contributed by atoms with Crippen LogP contribution in [0.2, 0.25) is 0 Å². The predicted octanol–water partition coefficient (Wildman–Crippen LogP) is 4.24. The van der Waals surface area contributed by atoms with Crippen molar-refractivity contribution in [3.63, 3.8) is 0 Å². The summed E-state index contributed by atoms with van der Waals surface area (Å²) < 4.78 is 6.15. The van der Waals surface area contributed by atoms with Crippen LogP contribution in [0.25, 0.3) is 0 Å². The van der Waals surface area contributed by atoms with Gasteiger partial charge >= 0.3 is 0 Å². The smallest absolute Gasteiger partial charge is 0.119 e. The lowest BCUT2D eigenvalue weighted by atomic mass is 9.82. The fourth-order valence-corrected chi connectivity index (χ4v) is 3.17. The van der Waals surface area contributed by atoms with Gasteiger partial charge in [-0.3, -0.25) is 0 Å². The van der Waals surface area contributed by atoms with E-state index in [1.807, 2.05) is 26.0 Å². The number of hydrogen-bond acceptors (Lipinski definition) is 2. The molecule has 0 aliphatic carbocycles. The largest absolute Gasteiger partial charge is 0.490 e. The average Bonchev–Trinajstić information content (AvgIpc) is 2.43. The Hall–Kier alpha value is -1.06. The van der Waals surface area contributed by atoms with Gasteiger partial charge in [0.15, 0.2) is 0 Å². The zero-order valence-corrected chi connectivity index (χ0v) is 13.9. The van der Waals surface area contributed by atoms with Crippen LogP contribution < -0.4 is 4.74 Å². The van der Waals surface area contributed by atoms with E-state index in [-0.39, 0.29) is 17.7 Å². The number of rotatable bonds is 4. The van der Waals surface area contributed by atoms with Gasteiger partial charge in [0.05, 0.1) is 0 Å². The van der Waals surface area contributed by atoms with E-state index >= 15 is 0 Å². The molecule has 1 radical (unpaired) electrons. The van der Waals surface area contributed by atoms with Crippen molar-refractivity contribution in [1.29, 1.82) is 0 Å². The molecule has 1 aliphatic rings. The van der Waals surface area contributed by atoms with Gasteiger partial charge in [-0.25, -0.2) is 0 Å². The van der Waals surface area contributed by atoms with Crippen molar-refractivity contribution in [3.8, 4) is 5.75 Å². The number of ether oxygens (including phenoxy) is 1. The van der Waals surface area contributed by atoms with E-state index in [0.717, 1.165) is 25.0 Å². The third-order valence-electron chi connectivity index (χ3n) is 4.53. The second-order valence-corrected chi connectivity index (χ2v) is 7.13. The zero-order chi connectivity index (χ0) is 15.6. The minimum Gasteiger partial charge on any atom is -0.490 e. The van der Waals surface area contributed by atoms with E-state index in [9.17, 15) is 5.21 Å². The van der Waals surface area contributed by atoms with Gasteiger partial charge in [-0.15, -0.1) is 10.3 Å². The first-order chi connectivity index (χ1) is 9.83. The Kier molecular flexibility index (Phi) is 4.95. The van der Waals surface area contributed by atoms with Crippen molar-refractivity contribution in [1.82, 2.24) is 5.06 Å². The van der Waals surface area contributed by atoms with E-state index in [2.05, 4.69) is 32.9 Å². The Morgan fingerprint density at radius 2 is 1.90 bits per heavy atom. The maximum Gasteiger partial charge on any atom is 0.119 e. The molecule has 0 amide bonds. The second-order valence-electron chi connectivity index (χ2n) is 7.13. The molecular weight excluding hydrogens is 262 g/mol. The van der Waals surface area contributed by atoms with Crippen LogP contribution in [0.1, 0.15) is 53.0 Å². The first-order valence-corrected chi connectivity index (χ1v) is 8.05. The van der Waals surface area contributed by atoms with Crippen molar-refractivity contribution in [2.45, 2.75) is 71.6 Å². The lowest BCUT2D eigenvalue weighted by Gasteiger charge is -2.46. The lowest BCUT2D eigenvalue weighted by molar-refractivity contribution is -0.276. The molecule has 3 nitrogen and oxygen atoms in total. The molecule has 117 valence electrons. The monoisotopic (exact) mass is 290 g/mol. The molecular formula is C18H28NO2. The van der Waals surface area contributed by atoms with E-state index in [0.29, 0.717) is 5.92 Å². The van der Waals surface area contributed by atoms with Crippen molar-refractivity contribution in [2.24, 2.45) is 5.92 Å². The fourth-order valence-electron chi connectivity index (χ4n) is 3.17. The summed E-state index contributed by atoms with van der Waals surface area (Å²) in [5.74, 6) is 1.26. The van der Waals surface area contributed by atoms with Gasteiger partial charge in [-0.2, -0.15) is 0 Å². The third-order valence-corrected chi connectivity index (χ3v) is 4.53.